The Morgan fingerprint density at radius 2 is 2.18 bits per heavy atom. The number of nitrogens with two attached hydrogens (primary N) is 1. The molecule has 0 bridgehead atoms. The summed E-state index contributed by atoms with van der Waals surface area (Å²) in [6.45, 7) is 0. The molecule has 0 fully saturated rings. The summed E-state index contributed by atoms with van der Waals surface area (Å²) in [6.07, 6.45) is 3.23. The topological polar surface area (TPSA) is 68.0 Å². The van der Waals surface area contributed by atoms with Gasteiger partial charge in [0.25, 0.3) is 5.91 Å². The molecule has 0 unspecified atom stereocenters. The maximum absolute atomic E-state index is 11.9. The number of benzene rings is 1. The second-order valence-corrected chi connectivity index (χ2v) is 4.38. The number of nitrogen functional groups attached to an aromatic ring is 1. The summed E-state index contributed by atoms with van der Waals surface area (Å²) in [5, 5.41) is 2.73. The molecule has 0 saturated heterocycles. The second-order valence-electron chi connectivity index (χ2n) is 3.47. The molecule has 1 heterocycles. The Kier molecular flexibility index (Phi) is 3.39. The van der Waals surface area contributed by atoms with E-state index in [9.17, 15) is 4.79 Å². The summed E-state index contributed by atoms with van der Waals surface area (Å²) in [4.78, 5) is 15.8. The van der Waals surface area contributed by atoms with Gasteiger partial charge in [-0.25, -0.2) is 0 Å². The van der Waals surface area contributed by atoms with Crippen molar-refractivity contribution in [3.8, 4) is 0 Å². The number of halogens is 1. The zero-order valence-electron chi connectivity index (χ0n) is 8.85. The molecule has 17 heavy (non-hydrogen) atoms. The number of aromatic nitrogens is 1. The van der Waals surface area contributed by atoms with Crippen molar-refractivity contribution in [1.82, 2.24) is 4.98 Å². The Labute approximate surface area is 107 Å². The van der Waals surface area contributed by atoms with E-state index in [1.165, 1.54) is 0 Å². The summed E-state index contributed by atoms with van der Waals surface area (Å²) < 4.78 is 0.772. The summed E-state index contributed by atoms with van der Waals surface area (Å²) in [5.41, 5.74) is 7.36. The summed E-state index contributed by atoms with van der Waals surface area (Å²) in [6, 6.07) is 8.59. The highest BCUT2D eigenvalue weighted by Gasteiger charge is 2.07. The smallest absolute Gasteiger partial charge is 0.255 e. The highest BCUT2D eigenvalue weighted by Crippen LogP contribution is 2.18. The summed E-state index contributed by atoms with van der Waals surface area (Å²) in [7, 11) is 0. The van der Waals surface area contributed by atoms with E-state index in [4.69, 9.17) is 5.73 Å². The van der Waals surface area contributed by atoms with Crippen LogP contribution in [0.25, 0.3) is 0 Å². The van der Waals surface area contributed by atoms with Crippen LogP contribution in [0.3, 0.4) is 0 Å². The Morgan fingerprint density at radius 1 is 1.35 bits per heavy atom. The van der Waals surface area contributed by atoms with Crippen molar-refractivity contribution < 1.29 is 4.79 Å². The molecule has 0 atom stereocenters. The van der Waals surface area contributed by atoms with Crippen LogP contribution in [0.15, 0.2) is 47.2 Å². The van der Waals surface area contributed by atoms with Crippen LogP contribution in [-0.4, -0.2) is 10.9 Å². The SMILES string of the molecule is Nc1cc(Br)cc(C(=O)Nc2cccnc2)c1. The van der Waals surface area contributed by atoms with Crippen molar-refractivity contribution in [1.29, 1.82) is 0 Å². The van der Waals surface area contributed by atoms with Gasteiger partial charge in [0.05, 0.1) is 11.9 Å². The van der Waals surface area contributed by atoms with Crippen molar-refractivity contribution in [2.75, 3.05) is 11.1 Å². The van der Waals surface area contributed by atoms with E-state index in [2.05, 4.69) is 26.2 Å². The zero-order chi connectivity index (χ0) is 12.3. The molecule has 3 N–H and O–H groups in total. The quantitative estimate of drug-likeness (QED) is 0.836. The lowest BCUT2D eigenvalue weighted by Gasteiger charge is -2.05. The van der Waals surface area contributed by atoms with Crippen LogP contribution in [0.4, 0.5) is 11.4 Å². The van der Waals surface area contributed by atoms with Crippen molar-refractivity contribution in [3.05, 3.63) is 52.8 Å². The number of rotatable bonds is 2. The zero-order valence-corrected chi connectivity index (χ0v) is 10.4. The molecule has 0 saturated carbocycles. The van der Waals surface area contributed by atoms with E-state index in [1.807, 2.05) is 0 Å². The molecule has 0 aliphatic heterocycles. The van der Waals surface area contributed by atoms with Crippen LogP contribution in [0.1, 0.15) is 10.4 Å². The Hall–Kier alpha value is -1.88. The minimum absolute atomic E-state index is 0.217. The Morgan fingerprint density at radius 3 is 2.82 bits per heavy atom. The average Bonchev–Trinajstić information content (AvgIpc) is 2.29. The first-order valence-electron chi connectivity index (χ1n) is 4.92. The van der Waals surface area contributed by atoms with Crippen LogP contribution in [-0.2, 0) is 0 Å². The fourth-order valence-electron chi connectivity index (χ4n) is 1.38. The van der Waals surface area contributed by atoms with E-state index in [0.29, 0.717) is 16.9 Å². The maximum Gasteiger partial charge on any atom is 0.255 e. The highest BCUT2D eigenvalue weighted by molar-refractivity contribution is 9.10. The fraction of sp³-hybridized carbons (Fsp3) is 0. The molecule has 1 aromatic heterocycles. The van der Waals surface area contributed by atoms with Gasteiger partial charge < -0.3 is 11.1 Å². The molecule has 2 aromatic rings. The van der Waals surface area contributed by atoms with Crippen LogP contribution in [0.5, 0.6) is 0 Å². The number of carbonyl (C=O) groups is 1. The van der Waals surface area contributed by atoms with E-state index in [-0.39, 0.29) is 5.91 Å². The number of carbonyl (C=O) groups excluding carboxylic acids is 1. The van der Waals surface area contributed by atoms with Gasteiger partial charge in [0.2, 0.25) is 0 Å². The fourth-order valence-corrected chi connectivity index (χ4v) is 1.89. The minimum atomic E-state index is -0.217. The largest absolute Gasteiger partial charge is 0.399 e. The monoisotopic (exact) mass is 291 g/mol. The molecule has 0 spiro atoms. The number of hydrogen-bond donors (Lipinski definition) is 2. The number of anilines is 2. The molecular weight excluding hydrogens is 282 g/mol. The Bertz CT molecular complexity index is 522. The van der Waals surface area contributed by atoms with Gasteiger partial charge in [-0.05, 0) is 30.3 Å². The number of amides is 1. The van der Waals surface area contributed by atoms with Crippen molar-refractivity contribution in [3.63, 3.8) is 0 Å². The first-order valence-corrected chi connectivity index (χ1v) is 5.72. The molecule has 0 radical (unpaired) electrons. The first kappa shape index (κ1) is 11.6. The molecule has 1 amide bonds. The molecule has 1 aromatic carbocycles. The highest BCUT2D eigenvalue weighted by atomic mass is 79.9. The second kappa shape index (κ2) is 4.97. The van der Waals surface area contributed by atoms with Gasteiger partial charge in [-0.2, -0.15) is 0 Å². The van der Waals surface area contributed by atoms with E-state index in [1.54, 1.807) is 42.7 Å². The maximum atomic E-state index is 11.9. The van der Waals surface area contributed by atoms with Crippen LogP contribution in [0.2, 0.25) is 0 Å². The molecule has 0 aliphatic carbocycles. The van der Waals surface area contributed by atoms with E-state index >= 15 is 0 Å². The molecule has 2 rings (SSSR count). The van der Waals surface area contributed by atoms with Gasteiger partial charge in [0.1, 0.15) is 0 Å². The number of hydrogen-bond acceptors (Lipinski definition) is 3. The lowest BCUT2D eigenvalue weighted by Crippen LogP contribution is -2.12. The molecule has 4 nitrogen and oxygen atoms in total. The average molecular weight is 292 g/mol. The van der Waals surface area contributed by atoms with E-state index < -0.39 is 0 Å². The normalized spacial score (nSPS) is 9.94. The van der Waals surface area contributed by atoms with Crippen molar-refractivity contribution >= 4 is 33.2 Å². The van der Waals surface area contributed by atoms with Gasteiger partial charge in [0, 0.05) is 21.9 Å². The van der Waals surface area contributed by atoms with Gasteiger partial charge in [-0.1, -0.05) is 15.9 Å². The third kappa shape index (κ3) is 3.04. The summed E-state index contributed by atoms with van der Waals surface area (Å²) in [5.74, 6) is -0.217. The van der Waals surface area contributed by atoms with Crippen LogP contribution < -0.4 is 11.1 Å². The van der Waals surface area contributed by atoms with Crippen LogP contribution >= 0.6 is 15.9 Å². The van der Waals surface area contributed by atoms with Gasteiger partial charge >= 0.3 is 0 Å². The summed E-state index contributed by atoms with van der Waals surface area (Å²) >= 11 is 3.29. The lowest BCUT2D eigenvalue weighted by molar-refractivity contribution is 0.102. The third-order valence-electron chi connectivity index (χ3n) is 2.10. The Balaban J connectivity index is 2.20. The molecule has 0 aliphatic rings. The number of pyridine rings is 1. The van der Waals surface area contributed by atoms with Gasteiger partial charge in [-0.3, -0.25) is 9.78 Å². The lowest BCUT2D eigenvalue weighted by atomic mass is 10.2. The van der Waals surface area contributed by atoms with Gasteiger partial charge in [0.15, 0.2) is 0 Å². The molecular formula is C12H10BrN3O. The molecule has 5 heteroatoms. The number of nitrogens with one attached hydrogen (secondary N) is 1. The van der Waals surface area contributed by atoms with Crippen molar-refractivity contribution in [2.24, 2.45) is 0 Å². The number of nitrogens with zero attached hydrogens (tertiary/aromatic N) is 1. The van der Waals surface area contributed by atoms with Gasteiger partial charge in [-0.15, -0.1) is 0 Å². The minimum Gasteiger partial charge on any atom is -0.399 e. The van der Waals surface area contributed by atoms with Crippen LogP contribution in [0, 0.1) is 0 Å². The predicted molar refractivity (Wildman–Crippen MR) is 70.7 cm³/mol. The molecule has 86 valence electrons. The van der Waals surface area contributed by atoms with E-state index in [0.717, 1.165) is 4.47 Å². The third-order valence-corrected chi connectivity index (χ3v) is 2.56. The first-order chi connectivity index (χ1) is 8.15. The predicted octanol–water partition coefficient (Wildman–Crippen LogP) is 2.68. The standard InChI is InChI=1S/C12H10BrN3O/c13-9-4-8(5-10(14)6-9)12(17)16-11-2-1-3-15-7-11/h1-7H,14H2,(H,16,17). The van der Waals surface area contributed by atoms with Crippen molar-refractivity contribution in [2.45, 2.75) is 0 Å².